The van der Waals surface area contributed by atoms with Crippen LogP contribution in [0.2, 0.25) is 0 Å². The summed E-state index contributed by atoms with van der Waals surface area (Å²) in [6.07, 6.45) is -1.74. The zero-order valence-corrected chi connectivity index (χ0v) is 10.1. The largest absolute Gasteiger partial charge is 0.404 e. The molecule has 0 aromatic heterocycles. The van der Waals surface area contributed by atoms with Gasteiger partial charge in [-0.2, -0.15) is 13.2 Å². The number of piperidine rings is 1. The Hall–Kier alpha value is -0.780. The van der Waals surface area contributed by atoms with Crippen LogP contribution in [-0.2, 0) is 4.79 Å². The minimum atomic E-state index is -4.45. The average molecular weight is 262 g/mol. The van der Waals surface area contributed by atoms with E-state index >= 15 is 0 Å². The lowest BCUT2D eigenvalue weighted by Crippen LogP contribution is -2.55. The number of hydrogen-bond donors (Lipinski definition) is 1. The van der Waals surface area contributed by atoms with Gasteiger partial charge in [-0.15, -0.1) is 0 Å². The van der Waals surface area contributed by atoms with Gasteiger partial charge in [0.1, 0.15) is 0 Å². The van der Waals surface area contributed by atoms with E-state index in [-0.39, 0.29) is 25.6 Å². The van der Waals surface area contributed by atoms with Crippen LogP contribution in [0.4, 0.5) is 13.2 Å². The van der Waals surface area contributed by atoms with Crippen LogP contribution in [0.25, 0.3) is 0 Å². The molecule has 1 amide bonds. The van der Waals surface area contributed by atoms with Crippen LogP contribution in [0.1, 0.15) is 25.7 Å². The summed E-state index contributed by atoms with van der Waals surface area (Å²) >= 11 is 0. The van der Waals surface area contributed by atoms with Crippen molar-refractivity contribution in [3.8, 4) is 0 Å². The first-order chi connectivity index (χ1) is 8.44. The Bertz CT molecular complexity index is 363. The quantitative estimate of drug-likeness (QED) is 0.777. The van der Waals surface area contributed by atoms with Gasteiger partial charge in [0.05, 0.1) is 0 Å². The third-order valence-electron chi connectivity index (χ3n) is 4.78. The first-order valence-corrected chi connectivity index (χ1v) is 6.52. The van der Waals surface area contributed by atoms with E-state index in [0.717, 1.165) is 19.3 Å². The van der Waals surface area contributed by atoms with Crippen molar-refractivity contribution in [3.05, 3.63) is 0 Å². The molecular formula is C12H17F3N2O. The summed E-state index contributed by atoms with van der Waals surface area (Å²) in [5.74, 6) is -0.259. The van der Waals surface area contributed by atoms with Crippen molar-refractivity contribution in [2.45, 2.75) is 37.9 Å². The molecule has 2 bridgehead atoms. The van der Waals surface area contributed by atoms with Gasteiger partial charge < -0.3 is 10.2 Å². The number of amides is 1. The standard InChI is InChI=1S/C12H17F3N2O/c13-12(14,15)11(3-4-16-7-11)10(18)17-6-8-1-2-9(17)5-8/h8-9,16H,1-7H2. The van der Waals surface area contributed by atoms with Crippen LogP contribution < -0.4 is 5.32 Å². The zero-order chi connectivity index (χ0) is 13.0. The SMILES string of the molecule is O=C(N1CC2CCC1C2)C1(C(F)(F)F)CCNC1. The van der Waals surface area contributed by atoms with Crippen molar-refractivity contribution in [1.29, 1.82) is 0 Å². The lowest BCUT2D eigenvalue weighted by atomic mass is 9.84. The van der Waals surface area contributed by atoms with Crippen LogP contribution in [0.3, 0.4) is 0 Å². The average Bonchev–Trinajstić information content (AvgIpc) is 3.02. The zero-order valence-electron chi connectivity index (χ0n) is 10.1. The number of alkyl halides is 3. The fraction of sp³-hybridized carbons (Fsp3) is 0.917. The minimum absolute atomic E-state index is 0.0577. The maximum atomic E-state index is 13.3. The number of rotatable bonds is 1. The number of carbonyl (C=O) groups excluding carboxylic acids is 1. The molecule has 102 valence electrons. The van der Waals surface area contributed by atoms with Crippen LogP contribution in [0, 0.1) is 11.3 Å². The summed E-state index contributed by atoms with van der Waals surface area (Å²) in [4.78, 5) is 13.9. The summed E-state index contributed by atoms with van der Waals surface area (Å²) in [6, 6.07) is 0.0577. The van der Waals surface area contributed by atoms with Gasteiger partial charge in [-0.05, 0) is 38.1 Å². The number of nitrogens with zero attached hydrogens (tertiary/aromatic N) is 1. The lowest BCUT2D eigenvalue weighted by molar-refractivity contribution is -0.222. The summed E-state index contributed by atoms with van der Waals surface area (Å²) in [5, 5.41) is 2.70. The normalized spacial score (nSPS) is 39.6. The summed E-state index contributed by atoms with van der Waals surface area (Å²) in [5.41, 5.74) is -2.17. The van der Waals surface area contributed by atoms with Gasteiger partial charge in [0, 0.05) is 19.1 Å². The molecule has 1 N–H and O–H groups in total. The van der Waals surface area contributed by atoms with E-state index in [0.29, 0.717) is 12.5 Å². The second-order valence-electron chi connectivity index (χ2n) is 5.80. The van der Waals surface area contributed by atoms with Crippen LogP contribution >= 0.6 is 0 Å². The number of halogens is 3. The highest BCUT2D eigenvalue weighted by Gasteiger charge is 2.63. The van der Waals surface area contributed by atoms with Crippen molar-refractivity contribution in [3.63, 3.8) is 0 Å². The molecule has 0 aromatic carbocycles. The molecule has 18 heavy (non-hydrogen) atoms. The third kappa shape index (κ3) is 1.57. The Labute approximate surface area is 104 Å². The first kappa shape index (κ1) is 12.3. The monoisotopic (exact) mass is 262 g/mol. The predicted molar refractivity (Wildman–Crippen MR) is 58.8 cm³/mol. The highest BCUT2D eigenvalue weighted by molar-refractivity contribution is 5.85. The van der Waals surface area contributed by atoms with Gasteiger partial charge in [-0.3, -0.25) is 4.79 Å². The van der Waals surface area contributed by atoms with E-state index in [1.807, 2.05) is 0 Å². The van der Waals surface area contributed by atoms with Crippen LogP contribution in [0.5, 0.6) is 0 Å². The van der Waals surface area contributed by atoms with E-state index in [9.17, 15) is 18.0 Å². The van der Waals surface area contributed by atoms with Crippen molar-refractivity contribution in [2.75, 3.05) is 19.6 Å². The Morgan fingerprint density at radius 1 is 1.33 bits per heavy atom. The molecular weight excluding hydrogens is 245 g/mol. The molecule has 6 heteroatoms. The molecule has 2 aliphatic heterocycles. The molecule has 1 aliphatic carbocycles. The molecule has 2 heterocycles. The van der Waals surface area contributed by atoms with E-state index in [4.69, 9.17) is 0 Å². The van der Waals surface area contributed by atoms with Gasteiger partial charge in [-0.25, -0.2) is 0 Å². The Kier molecular flexibility index (Phi) is 2.63. The molecule has 0 radical (unpaired) electrons. The molecule has 3 atom stereocenters. The molecule has 3 fully saturated rings. The van der Waals surface area contributed by atoms with E-state index in [2.05, 4.69) is 5.32 Å². The lowest BCUT2D eigenvalue weighted by Gasteiger charge is -2.37. The molecule has 3 nitrogen and oxygen atoms in total. The second-order valence-corrected chi connectivity index (χ2v) is 5.80. The van der Waals surface area contributed by atoms with Crippen molar-refractivity contribution < 1.29 is 18.0 Å². The van der Waals surface area contributed by atoms with Gasteiger partial charge in [0.2, 0.25) is 5.91 Å². The van der Waals surface area contributed by atoms with E-state index in [1.54, 1.807) is 0 Å². The van der Waals surface area contributed by atoms with E-state index in [1.165, 1.54) is 4.90 Å². The number of nitrogens with one attached hydrogen (secondary N) is 1. The summed E-state index contributed by atoms with van der Waals surface area (Å²) in [6.45, 7) is 0.539. The first-order valence-electron chi connectivity index (χ1n) is 6.52. The summed E-state index contributed by atoms with van der Waals surface area (Å²) < 4.78 is 39.8. The van der Waals surface area contributed by atoms with Crippen LogP contribution in [0.15, 0.2) is 0 Å². The molecule has 0 aromatic rings. The van der Waals surface area contributed by atoms with E-state index < -0.39 is 17.5 Å². The highest BCUT2D eigenvalue weighted by Crippen LogP contribution is 2.47. The third-order valence-corrected chi connectivity index (χ3v) is 4.78. The number of hydrogen-bond acceptors (Lipinski definition) is 2. The smallest absolute Gasteiger partial charge is 0.339 e. The maximum absolute atomic E-state index is 13.3. The summed E-state index contributed by atoms with van der Waals surface area (Å²) in [7, 11) is 0. The predicted octanol–water partition coefficient (Wildman–Crippen LogP) is 1.54. The number of likely N-dealkylation sites (tertiary alicyclic amines) is 1. The molecule has 3 unspecified atom stereocenters. The van der Waals surface area contributed by atoms with Gasteiger partial charge in [-0.1, -0.05) is 0 Å². The topological polar surface area (TPSA) is 32.3 Å². The Balaban J connectivity index is 1.85. The fourth-order valence-electron chi connectivity index (χ4n) is 3.69. The number of carbonyl (C=O) groups is 1. The van der Waals surface area contributed by atoms with Gasteiger partial charge >= 0.3 is 6.18 Å². The molecule has 3 aliphatic rings. The fourth-order valence-corrected chi connectivity index (χ4v) is 3.69. The van der Waals surface area contributed by atoms with Crippen molar-refractivity contribution >= 4 is 5.91 Å². The molecule has 1 saturated carbocycles. The minimum Gasteiger partial charge on any atom is -0.339 e. The highest BCUT2D eigenvalue weighted by atomic mass is 19.4. The Morgan fingerprint density at radius 3 is 2.56 bits per heavy atom. The molecule has 2 saturated heterocycles. The molecule has 0 spiro atoms. The number of fused-ring (bicyclic) bond motifs is 2. The van der Waals surface area contributed by atoms with Gasteiger partial charge in [0.15, 0.2) is 5.41 Å². The van der Waals surface area contributed by atoms with Crippen molar-refractivity contribution in [2.24, 2.45) is 11.3 Å². The van der Waals surface area contributed by atoms with Gasteiger partial charge in [0.25, 0.3) is 0 Å². The maximum Gasteiger partial charge on any atom is 0.404 e. The second kappa shape index (κ2) is 3.85. The molecule has 3 rings (SSSR count). The van der Waals surface area contributed by atoms with Crippen LogP contribution in [-0.4, -0.2) is 42.7 Å². The van der Waals surface area contributed by atoms with Crippen molar-refractivity contribution in [1.82, 2.24) is 10.2 Å². The Morgan fingerprint density at radius 2 is 2.11 bits per heavy atom.